The van der Waals surface area contributed by atoms with E-state index in [0.29, 0.717) is 5.69 Å². The minimum Gasteiger partial charge on any atom is -0.444 e. The van der Waals surface area contributed by atoms with Crippen molar-refractivity contribution in [1.82, 2.24) is 10.2 Å². The first-order chi connectivity index (χ1) is 16.0. The number of hydrogen-bond donors (Lipinski definition) is 2. The van der Waals surface area contributed by atoms with Crippen LogP contribution < -0.4 is 10.6 Å². The second kappa shape index (κ2) is 10.3. The van der Waals surface area contributed by atoms with Crippen LogP contribution in [0.1, 0.15) is 63.3 Å². The van der Waals surface area contributed by atoms with Gasteiger partial charge in [-0.3, -0.25) is 9.59 Å². The molecule has 2 atom stereocenters. The highest BCUT2D eigenvalue weighted by Gasteiger charge is 2.43. The third-order valence-electron chi connectivity index (χ3n) is 5.62. The minimum atomic E-state index is -0.852. The number of benzene rings is 2. The van der Waals surface area contributed by atoms with Gasteiger partial charge in [-0.1, -0.05) is 48.0 Å². The van der Waals surface area contributed by atoms with Crippen molar-refractivity contribution in [2.45, 2.75) is 78.1 Å². The van der Waals surface area contributed by atoms with E-state index in [1.807, 2.05) is 62.4 Å². The molecule has 1 saturated carbocycles. The van der Waals surface area contributed by atoms with Gasteiger partial charge in [0.2, 0.25) is 5.91 Å². The maximum Gasteiger partial charge on any atom is 0.408 e. The van der Waals surface area contributed by atoms with Gasteiger partial charge in [0.1, 0.15) is 17.7 Å². The lowest BCUT2D eigenvalue weighted by molar-refractivity contribution is -0.141. The van der Waals surface area contributed by atoms with E-state index >= 15 is 0 Å². The fourth-order valence-electron chi connectivity index (χ4n) is 3.74. The smallest absolute Gasteiger partial charge is 0.408 e. The van der Waals surface area contributed by atoms with Crippen molar-refractivity contribution in [2.24, 2.45) is 0 Å². The monoisotopic (exact) mass is 465 g/mol. The number of amides is 3. The highest BCUT2D eigenvalue weighted by Crippen LogP contribution is 2.36. The Balaban J connectivity index is 1.90. The Morgan fingerprint density at radius 3 is 2.18 bits per heavy atom. The fraction of sp³-hybridized carbons (Fsp3) is 0.444. The van der Waals surface area contributed by atoms with Gasteiger partial charge in [-0.15, -0.1) is 0 Å². The summed E-state index contributed by atoms with van der Waals surface area (Å²) >= 11 is 0. The third kappa shape index (κ3) is 6.59. The van der Waals surface area contributed by atoms with Crippen LogP contribution in [0, 0.1) is 13.8 Å². The van der Waals surface area contributed by atoms with Gasteiger partial charge in [0.05, 0.1) is 0 Å². The largest absolute Gasteiger partial charge is 0.444 e. The second-order valence-corrected chi connectivity index (χ2v) is 9.96. The van der Waals surface area contributed by atoms with Gasteiger partial charge in [0, 0.05) is 11.7 Å². The number of carbonyl (C=O) groups is 3. The Morgan fingerprint density at radius 1 is 1.00 bits per heavy atom. The average Bonchev–Trinajstić information content (AvgIpc) is 3.57. The molecule has 0 radical (unpaired) electrons. The van der Waals surface area contributed by atoms with Crippen LogP contribution in [0.2, 0.25) is 0 Å². The summed E-state index contributed by atoms with van der Waals surface area (Å²) in [5, 5.41) is 5.64. The molecule has 182 valence electrons. The zero-order valence-corrected chi connectivity index (χ0v) is 20.8. The maximum atomic E-state index is 13.6. The SMILES string of the molecule is Cc1ccc(C(C(=O)Nc2ccccc2C)N(C(=O)C(C)NC(=O)OC(C)(C)C)C2CC2)cc1. The lowest BCUT2D eigenvalue weighted by atomic mass is 10.0. The molecule has 0 spiro atoms. The molecule has 3 rings (SSSR count). The number of nitrogens with zero attached hydrogens (tertiary/aromatic N) is 1. The van der Waals surface area contributed by atoms with E-state index in [9.17, 15) is 14.4 Å². The van der Waals surface area contributed by atoms with Gasteiger partial charge in [-0.05, 0) is 71.6 Å². The molecule has 7 heteroatoms. The molecule has 2 aromatic rings. The van der Waals surface area contributed by atoms with E-state index in [0.717, 1.165) is 29.5 Å². The van der Waals surface area contributed by atoms with Crippen molar-refractivity contribution in [2.75, 3.05) is 5.32 Å². The normalized spacial score (nSPS) is 15.1. The van der Waals surface area contributed by atoms with Crippen molar-refractivity contribution in [3.63, 3.8) is 0 Å². The van der Waals surface area contributed by atoms with Crippen molar-refractivity contribution in [3.8, 4) is 0 Å². The standard InChI is InChI=1S/C27H35N3O4/c1-17-11-13-20(14-12-17)23(24(31)29-22-10-8-7-9-18(22)2)30(21-15-16-21)25(32)19(3)28-26(33)34-27(4,5)6/h7-14,19,21,23H,15-16H2,1-6H3,(H,28,33)(H,29,31). The summed E-state index contributed by atoms with van der Waals surface area (Å²) in [6, 6.07) is 13.4. The summed E-state index contributed by atoms with van der Waals surface area (Å²) in [7, 11) is 0. The van der Waals surface area contributed by atoms with Crippen LogP contribution in [0.15, 0.2) is 48.5 Å². The zero-order valence-electron chi connectivity index (χ0n) is 20.8. The molecule has 0 aromatic heterocycles. The van der Waals surface area contributed by atoms with Crippen LogP contribution in [0.5, 0.6) is 0 Å². The Bertz CT molecular complexity index is 1040. The molecule has 0 bridgehead atoms. The summed E-state index contributed by atoms with van der Waals surface area (Å²) in [6.45, 7) is 10.8. The lowest BCUT2D eigenvalue weighted by Gasteiger charge is -2.34. The summed E-state index contributed by atoms with van der Waals surface area (Å²) in [6.07, 6.45) is 0.954. The van der Waals surface area contributed by atoms with Gasteiger partial charge in [-0.25, -0.2) is 4.79 Å². The topological polar surface area (TPSA) is 87.7 Å². The van der Waals surface area contributed by atoms with Crippen molar-refractivity contribution in [1.29, 1.82) is 0 Å². The molecule has 1 aliphatic carbocycles. The van der Waals surface area contributed by atoms with E-state index in [1.165, 1.54) is 0 Å². The van der Waals surface area contributed by atoms with E-state index in [2.05, 4.69) is 10.6 Å². The molecule has 1 aliphatic rings. The Morgan fingerprint density at radius 2 is 1.62 bits per heavy atom. The molecular weight excluding hydrogens is 430 g/mol. The van der Waals surface area contributed by atoms with Gasteiger partial charge in [-0.2, -0.15) is 0 Å². The summed E-state index contributed by atoms with van der Waals surface area (Å²) < 4.78 is 5.31. The Kier molecular flexibility index (Phi) is 7.64. The molecule has 2 N–H and O–H groups in total. The fourth-order valence-corrected chi connectivity index (χ4v) is 3.74. The molecule has 7 nitrogen and oxygen atoms in total. The molecule has 0 saturated heterocycles. The number of carbonyl (C=O) groups excluding carboxylic acids is 3. The first-order valence-corrected chi connectivity index (χ1v) is 11.7. The molecular formula is C27H35N3O4. The summed E-state index contributed by atoms with van der Waals surface area (Å²) in [5.41, 5.74) is 2.74. The van der Waals surface area contributed by atoms with Gasteiger partial charge in [0.25, 0.3) is 5.91 Å². The predicted octanol–water partition coefficient (Wildman–Crippen LogP) is 4.89. The van der Waals surface area contributed by atoms with Crippen molar-refractivity contribution in [3.05, 3.63) is 65.2 Å². The number of para-hydroxylation sites is 1. The molecule has 0 heterocycles. The van der Waals surface area contributed by atoms with E-state index < -0.39 is 23.8 Å². The van der Waals surface area contributed by atoms with Crippen LogP contribution in [-0.2, 0) is 14.3 Å². The molecule has 2 unspecified atom stereocenters. The van der Waals surface area contributed by atoms with E-state index in [4.69, 9.17) is 4.74 Å². The van der Waals surface area contributed by atoms with E-state index in [-0.39, 0.29) is 17.9 Å². The lowest BCUT2D eigenvalue weighted by Crippen LogP contribution is -2.52. The minimum absolute atomic E-state index is 0.0655. The predicted molar refractivity (Wildman–Crippen MR) is 132 cm³/mol. The number of ether oxygens (including phenoxy) is 1. The Labute approximate surface area is 201 Å². The second-order valence-electron chi connectivity index (χ2n) is 9.96. The number of nitrogens with one attached hydrogen (secondary N) is 2. The maximum absolute atomic E-state index is 13.6. The van der Waals surface area contributed by atoms with Gasteiger partial charge in [0.15, 0.2) is 0 Å². The Hall–Kier alpha value is -3.35. The third-order valence-corrected chi connectivity index (χ3v) is 5.62. The summed E-state index contributed by atoms with van der Waals surface area (Å²) in [5.74, 6) is -0.610. The quantitative estimate of drug-likeness (QED) is 0.610. The first-order valence-electron chi connectivity index (χ1n) is 11.7. The number of anilines is 1. The van der Waals surface area contributed by atoms with Crippen LogP contribution in [-0.4, -0.2) is 40.5 Å². The van der Waals surface area contributed by atoms with Gasteiger partial charge >= 0.3 is 6.09 Å². The molecule has 34 heavy (non-hydrogen) atoms. The average molecular weight is 466 g/mol. The van der Waals surface area contributed by atoms with Crippen molar-refractivity contribution < 1.29 is 19.1 Å². The number of hydrogen-bond acceptors (Lipinski definition) is 4. The first kappa shape index (κ1) is 25.3. The van der Waals surface area contributed by atoms with E-state index in [1.54, 1.807) is 32.6 Å². The molecule has 2 aromatic carbocycles. The highest BCUT2D eigenvalue weighted by atomic mass is 16.6. The number of alkyl carbamates (subject to hydrolysis) is 1. The molecule has 3 amide bonds. The molecule has 0 aliphatic heterocycles. The zero-order chi connectivity index (χ0) is 25.0. The van der Waals surface area contributed by atoms with Crippen LogP contribution >= 0.6 is 0 Å². The highest BCUT2D eigenvalue weighted by molar-refractivity contribution is 5.99. The van der Waals surface area contributed by atoms with Crippen LogP contribution in [0.4, 0.5) is 10.5 Å². The van der Waals surface area contributed by atoms with Gasteiger partial charge < -0.3 is 20.3 Å². The van der Waals surface area contributed by atoms with Crippen LogP contribution in [0.25, 0.3) is 0 Å². The van der Waals surface area contributed by atoms with Crippen LogP contribution in [0.3, 0.4) is 0 Å². The van der Waals surface area contributed by atoms with Crippen molar-refractivity contribution >= 4 is 23.6 Å². The number of aryl methyl sites for hydroxylation is 2. The number of rotatable bonds is 7. The summed E-state index contributed by atoms with van der Waals surface area (Å²) in [4.78, 5) is 41.2. The molecule has 1 fully saturated rings.